The number of likely N-dealkylation sites (N-methyl/N-ethyl adjacent to an activating group) is 1. The molecule has 1 amide bonds. The van der Waals surface area contributed by atoms with Crippen molar-refractivity contribution in [3.63, 3.8) is 0 Å². The number of nitrogens with zero attached hydrogens (tertiary/aromatic N) is 3. The number of carbonyl (C=O) groups is 1. The van der Waals surface area contributed by atoms with E-state index in [1.807, 2.05) is 18.2 Å². The maximum atomic E-state index is 11.9. The third kappa shape index (κ3) is 3.54. The summed E-state index contributed by atoms with van der Waals surface area (Å²) in [5.41, 5.74) is 3.01. The quantitative estimate of drug-likeness (QED) is 0.695. The van der Waals surface area contributed by atoms with Gasteiger partial charge in [0, 0.05) is 24.2 Å². The Balaban J connectivity index is 1.85. The molecule has 10 heteroatoms. The Bertz CT molecular complexity index is 1240. The van der Waals surface area contributed by atoms with Crippen LogP contribution in [0.1, 0.15) is 0 Å². The number of nitrogens with one attached hydrogen (secondary N) is 1. The van der Waals surface area contributed by atoms with Gasteiger partial charge in [0.25, 0.3) is 5.91 Å². The second-order valence-corrected chi connectivity index (χ2v) is 8.35. The SMILES string of the molecule is COc1ncc(-c2ccc3ncc4c(c3c2)OCC(=O)N4C)cc1NS(C)(=O)=O. The highest BCUT2D eigenvalue weighted by Crippen LogP contribution is 2.39. The molecule has 2 aromatic heterocycles. The number of hydrogen-bond acceptors (Lipinski definition) is 7. The summed E-state index contributed by atoms with van der Waals surface area (Å²) in [6.45, 7) is -0.0423. The van der Waals surface area contributed by atoms with Crippen LogP contribution < -0.4 is 19.1 Å². The molecule has 0 spiro atoms. The Morgan fingerprint density at radius 2 is 1.97 bits per heavy atom. The van der Waals surface area contributed by atoms with Crippen molar-refractivity contribution in [3.05, 3.63) is 36.7 Å². The number of sulfonamides is 1. The molecule has 0 bridgehead atoms. The molecule has 1 aromatic carbocycles. The van der Waals surface area contributed by atoms with Gasteiger partial charge in [-0.05, 0) is 23.8 Å². The topological polar surface area (TPSA) is 111 Å². The summed E-state index contributed by atoms with van der Waals surface area (Å²) in [6.07, 6.45) is 4.26. The number of fused-ring (bicyclic) bond motifs is 3. The van der Waals surface area contributed by atoms with Crippen molar-refractivity contribution in [3.8, 4) is 22.8 Å². The summed E-state index contributed by atoms with van der Waals surface area (Å²) in [5, 5.41) is 0.743. The van der Waals surface area contributed by atoms with Gasteiger partial charge >= 0.3 is 0 Å². The summed E-state index contributed by atoms with van der Waals surface area (Å²) in [5.74, 6) is 0.600. The van der Waals surface area contributed by atoms with E-state index < -0.39 is 10.0 Å². The standard InChI is InChI=1S/C19H18N4O5S/c1-23-16-9-20-14-5-4-11(6-13(14)18(16)28-10-17(23)24)12-7-15(22-29(3,25)26)19(27-2)21-8-12/h4-9,22H,10H2,1-3H3. The van der Waals surface area contributed by atoms with Crippen LogP contribution in [0.3, 0.4) is 0 Å². The fourth-order valence-electron chi connectivity index (χ4n) is 3.14. The largest absolute Gasteiger partial charge is 0.481 e. The van der Waals surface area contributed by atoms with Crippen LogP contribution in [0.5, 0.6) is 11.6 Å². The number of aromatic nitrogens is 2. The first-order valence-corrected chi connectivity index (χ1v) is 10.5. The van der Waals surface area contributed by atoms with E-state index in [9.17, 15) is 13.2 Å². The van der Waals surface area contributed by atoms with E-state index in [1.165, 1.54) is 12.0 Å². The molecule has 0 aliphatic carbocycles. The van der Waals surface area contributed by atoms with Crippen molar-refractivity contribution in [1.82, 2.24) is 9.97 Å². The lowest BCUT2D eigenvalue weighted by Crippen LogP contribution is -2.35. The van der Waals surface area contributed by atoms with Gasteiger partial charge in [0.05, 0.1) is 25.1 Å². The number of hydrogen-bond donors (Lipinski definition) is 1. The van der Waals surface area contributed by atoms with Crippen LogP contribution in [0.4, 0.5) is 11.4 Å². The van der Waals surface area contributed by atoms with Crippen molar-refractivity contribution in [2.45, 2.75) is 0 Å². The van der Waals surface area contributed by atoms with Gasteiger partial charge in [-0.2, -0.15) is 0 Å². The Labute approximate surface area is 167 Å². The Morgan fingerprint density at radius 3 is 2.69 bits per heavy atom. The van der Waals surface area contributed by atoms with Crippen molar-refractivity contribution < 1.29 is 22.7 Å². The van der Waals surface area contributed by atoms with Crippen molar-refractivity contribution >= 4 is 38.2 Å². The highest BCUT2D eigenvalue weighted by Gasteiger charge is 2.25. The lowest BCUT2D eigenvalue weighted by molar-refractivity contribution is -0.120. The lowest BCUT2D eigenvalue weighted by Gasteiger charge is -2.26. The number of methoxy groups -OCH3 is 1. The van der Waals surface area contributed by atoms with Crippen LogP contribution >= 0.6 is 0 Å². The smallest absolute Gasteiger partial charge is 0.264 e. The predicted octanol–water partition coefficient (Wildman–Crippen LogP) is 2.03. The highest BCUT2D eigenvalue weighted by atomic mass is 32.2. The van der Waals surface area contributed by atoms with Gasteiger partial charge in [0.1, 0.15) is 11.4 Å². The third-order valence-corrected chi connectivity index (χ3v) is 5.14. The first-order chi connectivity index (χ1) is 13.8. The molecule has 9 nitrogen and oxygen atoms in total. The first kappa shape index (κ1) is 18.9. The molecule has 1 N–H and O–H groups in total. The second-order valence-electron chi connectivity index (χ2n) is 6.60. The van der Waals surface area contributed by atoms with Crippen LogP contribution in [-0.4, -0.2) is 51.3 Å². The highest BCUT2D eigenvalue weighted by molar-refractivity contribution is 7.92. The Kier molecular flexibility index (Phi) is 4.50. The van der Waals surface area contributed by atoms with Crippen molar-refractivity contribution in [2.24, 2.45) is 0 Å². The van der Waals surface area contributed by atoms with Crippen LogP contribution in [0.15, 0.2) is 36.7 Å². The molecule has 1 aliphatic rings. The maximum absolute atomic E-state index is 11.9. The average Bonchev–Trinajstić information content (AvgIpc) is 2.69. The van der Waals surface area contributed by atoms with E-state index in [-0.39, 0.29) is 24.1 Å². The molecule has 0 radical (unpaired) electrons. The minimum absolute atomic E-state index is 0.0423. The molecule has 0 saturated heterocycles. The fraction of sp³-hybridized carbons (Fsp3) is 0.211. The number of pyridine rings is 2. The van der Waals surface area contributed by atoms with Gasteiger partial charge in [-0.3, -0.25) is 14.5 Å². The summed E-state index contributed by atoms with van der Waals surface area (Å²) >= 11 is 0. The minimum atomic E-state index is -3.50. The molecule has 29 heavy (non-hydrogen) atoms. The van der Waals surface area contributed by atoms with E-state index in [0.29, 0.717) is 22.5 Å². The Morgan fingerprint density at radius 1 is 1.17 bits per heavy atom. The van der Waals surface area contributed by atoms with E-state index in [0.717, 1.165) is 17.2 Å². The molecular weight excluding hydrogens is 396 g/mol. The molecule has 0 unspecified atom stereocenters. The van der Waals surface area contributed by atoms with E-state index in [2.05, 4.69) is 14.7 Å². The summed E-state index contributed by atoms with van der Waals surface area (Å²) in [6, 6.07) is 7.21. The number of anilines is 2. The number of rotatable bonds is 4. The van der Waals surface area contributed by atoms with Crippen molar-refractivity contribution in [2.75, 3.05) is 36.6 Å². The number of amides is 1. The summed E-state index contributed by atoms with van der Waals surface area (Å²) in [4.78, 5) is 22.0. The average molecular weight is 414 g/mol. The number of carbonyl (C=O) groups excluding carboxylic acids is 1. The zero-order valence-electron chi connectivity index (χ0n) is 16.0. The zero-order chi connectivity index (χ0) is 20.8. The molecule has 3 aromatic rings. The molecule has 0 saturated carbocycles. The van der Waals surface area contributed by atoms with Crippen LogP contribution in [0.2, 0.25) is 0 Å². The van der Waals surface area contributed by atoms with E-state index in [4.69, 9.17) is 9.47 Å². The lowest BCUT2D eigenvalue weighted by atomic mass is 10.0. The fourth-order valence-corrected chi connectivity index (χ4v) is 3.68. The van der Waals surface area contributed by atoms with Crippen LogP contribution in [0, 0.1) is 0 Å². The zero-order valence-corrected chi connectivity index (χ0v) is 16.8. The van der Waals surface area contributed by atoms with Gasteiger partial charge in [-0.1, -0.05) is 6.07 Å². The van der Waals surface area contributed by atoms with Gasteiger partial charge in [0.2, 0.25) is 15.9 Å². The van der Waals surface area contributed by atoms with Gasteiger partial charge in [0.15, 0.2) is 12.4 Å². The van der Waals surface area contributed by atoms with E-state index >= 15 is 0 Å². The summed E-state index contributed by atoms with van der Waals surface area (Å²) < 4.78 is 36.5. The van der Waals surface area contributed by atoms with Crippen LogP contribution in [0.25, 0.3) is 22.0 Å². The minimum Gasteiger partial charge on any atom is -0.481 e. The number of ether oxygens (including phenoxy) is 2. The predicted molar refractivity (Wildman–Crippen MR) is 109 cm³/mol. The second kappa shape index (κ2) is 6.89. The molecule has 0 fully saturated rings. The van der Waals surface area contributed by atoms with Crippen molar-refractivity contribution in [1.29, 1.82) is 0 Å². The van der Waals surface area contributed by atoms with Crippen LogP contribution in [-0.2, 0) is 14.8 Å². The van der Waals surface area contributed by atoms with Gasteiger partial charge in [-0.25, -0.2) is 13.4 Å². The summed E-state index contributed by atoms with van der Waals surface area (Å²) in [7, 11) is -0.411. The monoisotopic (exact) mass is 414 g/mol. The molecule has 3 heterocycles. The molecular formula is C19H18N4O5S. The molecule has 150 valence electrons. The maximum Gasteiger partial charge on any atom is 0.264 e. The molecule has 1 aliphatic heterocycles. The first-order valence-electron chi connectivity index (χ1n) is 8.61. The molecule has 0 atom stereocenters. The molecule has 4 rings (SSSR count). The Hall–Kier alpha value is -3.40. The third-order valence-electron chi connectivity index (χ3n) is 4.55. The normalized spacial score (nSPS) is 13.8. The van der Waals surface area contributed by atoms with Gasteiger partial charge in [-0.15, -0.1) is 0 Å². The number of benzene rings is 1. The van der Waals surface area contributed by atoms with E-state index in [1.54, 1.807) is 25.5 Å². The van der Waals surface area contributed by atoms with Gasteiger partial charge < -0.3 is 14.4 Å².